The van der Waals surface area contributed by atoms with Gasteiger partial charge in [0.15, 0.2) is 0 Å². The van der Waals surface area contributed by atoms with E-state index >= 15 is 0 Å². The highest BCUT2D eigenvalue weighted by Gasteiger charge is 2.40. The van der Waals surface area contributed by atoms with Crippen molar-refractivity contribution in [1.82, 2.24) is 0 Å². The Morgan fingerprint density at radius 1 is 0.583 bits per heavy atom. The van der Waals surface area contributed by atoms with Gasteiger partial charge in [0.2, 0.25) is 11.6 Å². The molecule has 0 aromatic rings. The van der Waals surface area contributed by atoms with E-state index in [2.05, 4.69) is 0 Å². The van der Waals surface area contributed by atoms with Gasteiger partial charge in [-0.15, -0.1) is 0 Å². The lowest BCUT2D eigenvalue weighted by atomic mass is 9.80. The predicted octanol–water partition coefficient (Wildman–Crippen LogP) is 0.729. The van der Waals surface area contributed by atoms with E-state index in [0.717, 1.165) is 38.5 Å². The Morgan fingerprint density at radius 3 is 1.17 bits per heavy atom. The normalized spacial score (nSPS) is 25.7. The van der Waals surface area contributed by atoms with Crippen LogP contribution in [0.25, 0.3) is 0 Å². The monoisotopic (exact) mass is 342 g/mol. The Hall–Kier alpha value is -0.820. The largest absolute Gasteiger partial charge is 0.390 e. The van der Waals surface area contributed by atoms with Crippen molar-refractivity contribution >= 4 is 11.6 Å². The zero-order chi connectivity index (χ0) is 17.7. The number of carbonyl (C=O) groups excluding carboxylic acids is 2. The fourth-order valence-electron chi connectivity index (χ4n) is 4.07. The molecule has 6 nitrogen and oxygen atoms in total. The number of rotatable bonds is 7. The fraction of sp³-hybridized carbons (Fsp3) is 0.889. The average molecular weight is 342 g/mol. The Bertz CT molecular complexity index is 385. The summed E-state index contributed by atoms with van der Waals surface area (Å²) in [5.74, 6) is -2.80. The summed E-state index contributed by atoms with van der Waals surface area (Å²) in [6.07, 6.45) is 2.49. The van der Waals surface area contributed by atoms with Gasteiger partial charge >= 0.3 is 0 Å². The first-order valence-corrected chi connectivity index (χ1v) is 9.23. The van der Waals surface area contributed by atoms with Crippen molar-refractivity contribution in [3.8, 4) is 0 Å². The van der Waals surface area contributed by atoms with Crippen LogP contribution in [0.3, 0.4) is 0 Å². The van der Waals surface area contributed by atoms with Crippen LogP contribution in [0, 0.1) is 11.8 Å². The van der Waals surface area contributed by atoms with Gasteiger partial charge < -0.3 is 20.4 Å². The molecule has 0 spiro atoms. The lowest BCUT2D eigenvalue weighted by molar-refractivity contribution is -0.155. The summed E-state index contributed by atoms with van der Waals surface area (Å²) in [5, 5.41) is 40.4. The molecule has 2 saturated carbocycles. The number of ketones is 2. The van der Waals surface area contributed by atoms with Gasteiger partial charge in [-0.05, 0) is 37.5 Å². The lowest BCUT2D eigenvalue weighted by Crippen LogP contribution is -2.49. The fourth-order valence-corrected chi connectivity index (χ4v) is 4.07. The molecule has 6 heteroatoms. The number of Topliss-reactive ketones (excluding diaryl/α,β-unsaturated/α-hetero) is 2. The Labute approximate surface area is 142 Å². The average Bonchev–Trinajstić information content (AvgIpc) is 2.65. The summed E-state index contributed by atoms with van der Waals surface area (Å²) in [4.78, 5) is 24.3. The predicted molar refractivity (Wildman–Crippen MR) is 87.2 cm³/mol. The summed E-state index contributed by atoms with van der Waals surface area (Å²) < 4.78 is 0. The molecule has 0 aromatic heterocycles. The third kappa shape index (κ3) is 4.63. The maximum atomic E-state index is 12.1. The minimum absolute atomic E-state index is 0.203. The van der Waals surface area contributed by atoms with Crippen LogP contribution >= 0.6 is 0 Å². The first-order chi connectivity index (χ1) is 11.4. The second-order valence-electron chi connectivity index (χ2n) is 7.40. The van der Waals surface area contributed by atoms with Crippen molar-refractivity contribution in [2.45, 2.75) is 88.6 Å². The number of carbonyl (C=O) groups is 2. The molecule has 4 atom stereocenters. The van der Waals surface area contributed by atoms with Crippen LogP contribution in [-0.4, -0.2) is 56.4 Å². The number of aliphatic hydroxyl groups excluding tert-OH is 4. The first kappa shape index (κ1) is 19.5. The molecule has 0 saturated heterocycles. The summed E-state index contributed by atoms with van der Waals surface area (Å²) >= 11 is 0. The van der Waals surface area contributed by atoms with Gasteiger partial charge in [-0.25, -0.2) is 0 Å². The molecule has 0 heterocycles. The zero-order valence-corrected chi connectivity index (χ0v) is 14.1. The maximum Gasteiger partial charge on any atom is 0.232 e. The molecular formula is C18H30O6. The minimum Gasteiger partial charge on any atom is -0.390 e. The van der Waals surface area contributed by atoms with Crippen molar-refractivity contribution in [2.75, 3.05) is 0 Å². The van der Waals surface area contributed by atoms with Crippen LogP contribution in [0.2, 0.25) is 0 Å². The van der Waals surface area contributed by atoms with Gasteiger partial charge in [-0.2, -0.15) is 0 Å². The summed E-state index contributed by atoms with van der Waals surface area (Å²) in [7, 11) is 0. The molecule has 2 aliphatic rings. The van der Waals surface area contributed by atoms with Gasteiger partial charge in [-0.1, -0.05) is 38.5 Å². The van der Waals surface area contributed by atoms with E-state index in [1.807, 2.05) is 0 Å². The van der Waals surface area contributed by atoms with E-state index < -0.39 is 36.0 Å². The van der Waals surface area contributed by atoms with E-state index in [4.69, 9.17) is 0 Å². The number of hydrogen-bond donors (Lipinski definition) is 4. The van der Waals surface area contributed by atoms with E-state index in [0.29, 0.717) is 25.7 Å². The van der Waals surface area contributed by atoms with Crippen molar-refractivity contribution in [3.05, 3.63) is 0 Å². The van der Waals surface area contributed by atoms with Crippen LogP contribution in [0.15, 0.2) is 0 Å². The number of aliphatic hydroxyl groups is 4. The Balaban J connectivity index is 1.92. The van der Waals surface area contributed by atoms with Crippen LogP contribution in [-0.2, 0) is 9.59 Å². The van der Waals surface area contributed by atoms with E-state index in [9.17, 15) is 30.0 Å². The molecule has 2 unspecified atom stereocenters. The van der Waals surface area contributed by atoms with Gasteiger partial charge in [0.1, 0.15) is 12.2 Å². The van der Waals surface area contributed by atoms with E-state index in [1.54, 1.807) is 0 Å². The highest BCUT2D eigenvalue weighted by Crippen LogP contribution is 2.30. The van der Waals surface area contributed by atoms with Gasteiger partial charge in [0, 0.05) is 0 Å². The summed E-state index contributed by atoms with van der Waals surface area (Å²) in [6.45, 7) is 0. The molecular weight excluding hydrogens is 312 g/mol. The topological polar surface area (TPSA) is 115 Å². The Morgan fingerprint density at radius 2 is 0.875 bits per heavy atom. The zero-order valence-electron chi connectivity index (χ0n) is 14.1. The third-order valence-electron chi connectivity index (χ3n) is 5.69. The molecule has 0 aliphatic heterocycles. The molecule has 138 valence electrons. The van der Waals surface area contributed by atoms with Crippen molar-refractivity contribution < 1.29 is 30.0 Å². The highest BCUT2D eigenvalue weighted by atomic mass is 16.3. The molecule has 0 bridgehead atoms. The summed E-state index contributed by atoms with van der Waals surface area (Å²) in [5.41, 5.74) is 0. The molecule has 24 heavy (non-hydrogen) atoms. The Kier molecular flexibility index (Phi) is 7.34. The van der Waals surface area contributed by atoms with Gasteiger partial charge in [-0.3, -0.25) is 9.59 Å². The van der Waals surface area contributed by atoms with E-state index in [1.165, 1.54) is 0 Å². The van der Waals surface area contributed by atoms with E-state index in [-0.39, 0.29) is 11.8 Å². The molecule has 0 radical (unpaired) electrons. The van der Waals surface area contributed by atoms with Crippen LogP contribution < -0.4 is 0 Å². The van der Waals surface area contributed by atoms with Crippen molar-refractivity contribution in [3.63, 3.8) is 0 Å². The van der Waals surface area contributed by atoms with Crippen LogP contribution in [0.1, 0.15) is 64.2 Å². The first-order valence-electron chi connectivity index (χ1n) is 9.23. The molecule has 2 fully saturated rings. The standard InChI is InChI=1S/C18H30O6/c19-13(11-7-3-1-4-8-11)15(21)17(23)18(24)16(22)14(20)12-9-5-2-6-10-12/h11-16,19-22H,1-10H2/t13?,14?,15-,16-/m1/s1. The molecule has 0 aromatic carbocycles. The van der Waals surface area contributed by atoms with Crippen LogP contribution in [0.4, 0.5) is 0 Å². The van der Waals surface area contributed by atoms with Crippen molar-refractivity contribution in [1.29, 1.82) is 0 Å². The van der Waals surface area contributed by atoms with Gasteiger partial charge in [0.05, 0.1) is 12.2 Å². The molecule has 2 rings (SSSR count). The SMILES string of the molecule is O=C(C(=O)[C@H](O)C(O)C1CCCCC1)[C@H](O)C(O)C1CCCCC1. The quantitative estimate of drug-likeness (QED) is 0.507. The highest BCUT2D eigenvalue weighted by molar-refractivity contribution is 6.40. The molecule has 2 aliphatic carbocycles. The minimum atomic E-state index is -1.83. The van der Waals surface area contributed by atoms with Gasteiger partial charge in [0.25, 0.3) is 0 Å². The maximum absolute atomic E-state index is 12.1. The lowest BCUT2D eigenvalue weighted by Gasteiger charge is -2.31. The second-order valence-corrected chi connectivity index (χ2v) is 7.40. The molecule has 4 N–H and O–H groups in total. The third-order valence-corrected chi connectivity index (χ3v) is 5.69. The number of hydrogen-bond acceptors (Lipinski definition) is 6. The second kappa shape index (κ2) is 9.04. The molecule has 0 amide bonds. The summed E-state index contributed by atoms with van der Waals surface area (Å²) in [6, 6.07) is 0. The van der Waals surface area contributed by atoms with Crippen molar-refractivity contribution in [2.24, 2.45) is 11.8 Å². The smallest absolute Gasteiger partial charge is 0.232 e. The van der Waals surface area contributed by atoms with Crippen LogP contribution in [0.5, 0.6) is 0 Å².